The van der Waals surface area contributed by atoms with Gasteiger partial charge in [0.25, 0.3) is 0 Å². The fraction of sp³-hybridized carbons (Fsp3) is 0.846. The van der Waals surface area contributed by atoms with E-state index in [-0.39, 0.29) is 11.9 Å². The molecule has 104 valence electrons. The van der Waals surface area contributed by atoms with E-state index in [2.05, 4.69) is 5.32 Å². The first-order valence-electron chi connectivity index (χ1n) is 6.62. The van der Waals surface area contributed by atoms with Gasteiger partial charge in [0, 0.05) is 0 Å². The molecule has 1 rings (SSSR count). The molecule has 0 aromatic rings. The molecular weight excluding hydrogens is 234 g/mol. The molecule has 5 nitrogen and oxygen atoms in total. The molecule has 0 aromatic heterocycles. The molecule has 0 heterocycles. The molecule has 0 unspecified atom stereocenters. The van der Waals surface area contributed by atoms with Gasteiger partial charge in [0.1, 0.15) is 5.54 Å². The van der Waals surface area contributed by atoms with Crippen molar-refractivity contribution in [2.75, 3.05) is 13.2 Å². The molecular formula is C13H23NO4. The van der Waals surface area contributed by atoms with Crippen molar-refractivity contribution in [3.8, 4) is 0 Å². The Labute approximate surface area is 108 Å². The fourth-order valence-corrected chi connectivity index (χ4v) is 2.10. The van der Waals surface area contributed by atoms with Crippen molar-refractivity contribution in [1.82, 2.24) is 5.32 Å². The molecule has 0 aromatic carbocycles. The molecule has 0 aliphatic heterocycles. The largest absolute Gasteiger partial charge is 0.464 e. The number of esters is 1. The third-order valence-corrected chi connectivity index (χ3v) is 3.01. The lowest BCUT2D eigenvalue weighted by molar-refractivity contribution is -0.150. The SMILES string of the molecule is CCOC(=O)C1(NC(=O)OCC(C)C)CCCC1. The monoisotopic (exact) mass is 257 g/mol. The van der Waals surface area contributed by atoms with E-state index in [1.54, 1.807) is 6.92 Å². The van der Waals surface area contributed by atoms with Crippen LogP contribution in [0.3, 0.4) is 0 Å². The number of rotatable bonds is 5. The number of carbonyl (C=O) groups is 2. The summed E-state index contributed by atoms with van der Waals surface area (Å²) in [7, 11) is 0. The maximum absolute atomic E-state index is 11.9. The van der Waals surface area contributed by atoms with Gasteiger partial charge in [-0.1, -0.05) is 26.7 Å². The molecule has 1 N–H and O–H groups in total. The first kappa shape index (κ1) is 14.8. The number of amides is 1. The second-order valence-electron chi connectivity index (χ2n) is 5.13. The summed E-state index contributed by atoms with van der Waals surface area (Å²) in [5.41, 5.74) is -0.871. The molecule has 5 heteroatoms. The Morgan fingerprint density at radius 2 is 1.83 bits per heavy atom. The molecule has 18 heavy (non-hydrogen) atoms. The number of ether oxygens (including phenoxy) is 2. The second kappa shape index (κ2) is 6.61. The summed E-state index contributed by atoms with van der Waals surface area (Å²) in [6, 6.07) is 0. The van der Waals surface area contributed by atoms with Crippen molar-refractivity contribution in [1.29, 1.82) is 0 Å². The number of hydrogen-bond acceptors (Lipinski definition) is 4. The highest BCUT2D eigenvalue weighted by molar-refractivity contribution is 5.86. The van der Waals surface area contributed by atoms with Crippen molar-refractivity contribution >= 4 is 12.1 Å². The molecule has 0 bridgehead atoms. The van der Waals surface area contributed by atoms with E-state index in [1.807, 2.05) is 13.8 Å². The normalized spacial score (nSPS) is 17.6. The minimum Gasteiger partial charge on any atom is -0.464 e. The standard InChI is InChI=1S/C13H23NO4/c1-4-17-11(15)13(7-5-6-8-13)14-12(16)18-9-10(2)3/h10H,4-9H2,1-3H3,(H,14,16). The van der Waals surface area contributed by atoms with Gasteiger partial charge in [-0.25, -0.2) is 9.59 Å². The molecule has 0 saturated heterocycles. The van der Waals surface area contributed by atoms with Crippen LogP contribution in [-0.4, -0.2) is 30.8 Å². The van der Waals surface area contributed by atoms with Crippen LogP contribution in [0.15, 0.2) is 0 Å². The van der Waals surface area contributed by atoms with E-state index in [4.69, 9.17) is 9.47 Å². The molecule has 0 spiro atoms. The van der Waals surface area contributed by atoms with E-state index in [0.717, 1.165) is 12.8 Å². The third kappa shape index (κ3) is 3.89. The van der Waals surface area contributed by atoms with Crippen molar-refractivity contribution in [2.24, 2.45) is 5.92 Å². The lowest BCUT2D eigenvalue weighted by atomic mass is 9.98. The van der Waals surface area contributed by atoms with Crippen molar-refractivity contribution < 1.29 is 19.1 Å². The minimum absolute atomic E-state index is 0.276. The highest BCUT2D eigenvalue weighted by Crippen LogP contribution is 2.31. The van der Waals surface area contributed by atoms with Crippen LogP contribution in [0, 0.1) is 5.92 Å². The molecule has 1 aliphatic rings. The van der Waals surface area contributed by atoms with Crippen molar-refractivity contribution in [2.45, 2.75) is 52.0 Å². The summed E-state index contributed by atoms with van der Waals surface area (Å²) in [5, 5.41) is 2.70. The number of hydrogen-bond donors (Lipinski definition) is 1. The van der Waals surface area contributed by atoms with Crippen molar-refractivity contribution in [3.63, 3.8) is 0 Å². The third-order valence-electron chi connectivity index (χ3n) is 3.01. The van der Waals surface area contributed by atoms with Crippen LogP contribution in [0.4, 0.5) is 4.79 Å². The highest BCUT2D eigenvalue weighted by Gasteiger charge is 2.44. The Balaban J connectivity index is 2.57. The zero-order valence-corrected chi connectivity index (χ0v) is 11.5. The van der Waals surface area contributed by atoms with Gasteiger partial charge in [-0.05, 0) is 25.7 Å². The van der Waals surface area contributed by atoms with E-state index >= 15 is 0 Å². The Kier molecular flexibility index (Phi) is 5.44. The molecule has 1 amide bonds. The average molecular weight is 257 g/mol. The van der Waals surface area contributed by atoms with Gasteiger partial charge in [-0.3, -0.25) is 0 Å². The number of nitrogens with one attached hydrogen (secondary N) is 1. The average Bonchev–Trinajstić information content (AvgIpc) is 2.76. The summed E-state index contributed by atoms with van der Waals surface area (Å²) < 4.78 is 10.1. The molecule has 1 aliphatic carbocycles. The van der Waals surface area contributed by atoms with Crippen LogP contribution in [0.25, 0.3) is 0 Å². The lowest BCUT2D eigenvalue weighted by Crippen LogP contribution is -2.53. The summed E-state index contributed by atoms with van der Waals surface area (Å²) >= 11 is 0. The van der Waals surface area contributed by atoms with Gasteiger partial charge in [0.05, 0.1) is 13.2 Å². The molecule has 1 saturated carbocycles. The number of carbonyl (C=O) groups excluding carboxylic acids is 2. The van der Waals surface area contributed by atoms with Crippen LogP contribution in [0.2, 0.25) is 0 Å². The second-order valence-corrected chi connectivity index (χ2v) is 5.13. The van der Waals surface area contributed by atoms with E-state index in [0.29, 0.717) is 26.1 Å². The Morgan fingerprint density at radius 3 is 2.33 bits per heavy atom. The van der Waals surface area contributed by atoms with E-state index in [9.17, 15) is 9.59 Å². The van der Waals surface area contributed by atoms with Crippen molar-refractivity contribution in [3.05, 3.63) is 0 Å². The van der Waals surface area contributed by atoms with Crippen LogP contribution < -0.4 is 5.32 Å². The maximum Gasteiger partial charge on any atom is 0.408 e. The predicted octanol–water partition coefficient (Wildman–Crippen LogP) is 2.24. The van der Waals surface area contributed by atoms with Gasteiger partial charge in [-0.15, -0.1) is 0 Å². The molecule has 0 atom stereocenters. The van der Waals surface area contributed by atoms with Crippen LogP contribution >= 0.6 is 0 Å². The van der Waals surface area contributed by atoms with Crippen LogP contribution in [-0.2, 0) is 14.3 Å². The van der Waals surface area contributed by atoms with E-state index in [1.165, 1.54) is 0 Å². The predicted molar refractivity (Wildman–Crippen MR) is 67.2 cm³/mol. The topological polar surface area (TPSA) is 64.6 Å². The Bertz CT molecular complexity index is 295. The van der Waals surface area contributed by atoms with Crippen LogP contribution in [0.5, 0.6) is 0 Å². The van der Waals surface area contributed by atoms with Gasteiger partial charge in [0.15, 0.2) is 0 Å². The quantitative estimate of drug-likeness (QED) is 0.767. The van der Waals surface area contributed by atoms with Gasteiger partial charge in [-0.2, -0.15) is 0 Å². The summed E-state index contributed by atoms with van der Waals surface area (Å²) in [6.07, 6.45) is 2.57. The molecule has 0 radical (unpaired) electrons. The summed E-state index contributed by atoms with van der Waals surface area (Å²) in [6.45, 7) is 6.36. The fourth-order valence-electron chi connectivity index (χ4n) is 2.10. The van der Waals surface area contributed by atoms with Crippen LogP contribution in [0.1, 0.15) is 46.5 Å². The molecule has 1 fully saturated rings. The first-order chi connectivity index (χ1) is 8.50. The zero-order chi connectivity index (χ0) is 13.6. The minimum atomic E-state index is -0.871. The Hall–Kier alpha value is -1.26. The highest BCUT2D eigenvalue weighted by atomic mass is 16.6. The smallest absolute Gasteiger partial charge is 0.408 e. The summed E-state index contributed by atoms with van der Waals surface area (Å²) in [4.78, 5) is 23.6. The zero-order valence-electron chi connectivity index (χ0n) is 11.5. The van der Waals surface area contributed by atoms with E-state index < -0.39 is 11.6 Å². The number of alkyl carbamates (subject to hydrolysis) is 1. The van der Waals surface area contributed by atoms with Gasteiger partial charge >= 0.3 is 12.1 Å². The van der Waals surface area contributed by atoms with Gasteiger partial charge in [0.2, 0.25) is 0 Å². The Morgan fingerprint density at radius 1 is 1.22 bits per heavy atom. The lowest BCUT2D eigenvalue weighted by Gasteiger charge is -2.27. The van der Waals surface area contributed by atoms with Gasteiger partial charge < -0.3 is 14.8 Å². The maximum atomic E-state index is 11.9. The summed E-state index contributed by atoms with van der Waals surface area (Å²) in [5.74, 6) is -0.0677. The first-order valence-corrected chi connectivity index (χ1v) is 6.62.